The van der Waals surface area contributed by atoms with Gasteiger partial charge < -0.3 is 9.88 Å². The fraction of sp³-hybridized carbons (Fsp3) is 0.273. The van der Waals surface area contributed by atoms with E-state index in [-0.39, 0.29) is 0 Å². The summed E-state index contributed by atoms with van der Waals surface area (Å²) in [7, 11) is 1.94. The Morgan fingerprint density at radius 3 is 2.39 bits per heavy atom. The molecule has 0 aliphatic heterocycles. The number of nitrogens with zero attached hydrogens (tertiary/aromatic N) is 3. The third kappa shape index (κ3) is 2.87. The van der Waals surface area contributed by atoms with Crippen LogP contribution in [0.1, 0.15) is 11.6 Å². The van der Waals surface area contributed by atoms with Crippen molar-refractivity contribution in [3.63, 3.8) is 0 Å². The topological polar surface area (TPSA) is 42.7 Å². The number of anilines is 1. The molecule has 1 aromatic heterocycles. The number of hydrogen-bond donors (Lipinski definition) is 1. The second kappa shape index (κ2) is 5.59. The summed E-state index contributed by atoms with van der Waals surface area (Å²) in [5, 5.41) is 12.1. The smallest absolute Gasteiger partial charge is 0.152 e. The first kappa shape index (κ1) is 13.8. The fourth-order valence-electron chi connectivity index (χ4n) is 1.48. The lowest BCUT2D eigenvalue weighted by Crippen LogP contribution is -2.07. The van der Waals surface area contributed by atoms with Gasteiger partial charge in [0, 0.05) is 21.0 Å². The molecule has 96 valence electrons. The van der Waals surface area contributed by atoms with Gasteiger partial charge in [0.2, 0.25) is 0 Å². The molecule has 0 saturated carbocycles. The maximum absolute atomic E-state index is 5.95. The number of rotatable bonds is 3. The summed E-state index contributed by atoms with van der Waals surface area (Å²) < 4.78 is 3.76. The van der Waals surface area contributed by atoms with Crippen LogP contribution in [0.15, 0.2) is 21.1 Å². The van der Waals surface area contributed by atoms with Gasteiger partial charge in [0.1, 0.15) is 5.82 Å². The average Bonchev–Trinajstić information content (AvgIpc) is 2.59. The number of hydrogen-bond acceptors (Lipinski definition) is 3. The zero-order valence-corrected chi connectivity index (χ0v) is 13.8. The Labute approximate surface area is 127 Å². The van der Waals surface area contributed by atoms with Crippen LogP contribution in [0.3, 0.4) is 0 Å². The molecule has 0 saturated heterocycles. The summed E-state index contributed by atoms with van der Waals surface area (Å²) in [4.78, 5) is 0. The number of nitrogens with one attached hydrogen (secondary N) is 1. The third-order valence-corrected chi connectivity index (χ3v) is 4.08. The normalized spacial score (nSPS) is 10.7. The van der Waals surface area contributed by atoms with E-state index in [4.69, 9.17) is 11.6 Å². The molecule has 18 heavy (non-hydrogen) atoms. The van der Waals surface area contributed by atoms with Gasteiger partial charge in [-0.25, -0.2) is 0 Å². The Morgan fingerprint density at radius 1 is 1.28 bits per heavy atom. The fourth-order valence-corrected chi connectivity index (χ4v) is 3.43. The van der Waals surface area contributed by atoms with Gasteiger partial charge >= 0.3 is 0 Å². The maximum Gasteiger partial charge on any atom is 0.152 e. The van der Waals surface area contributed by atoms with Crippen molar-refractivity contribution in [2.24, 2.45) is 7.05 Å². The van der Waals surface area contributed by atoms with E-state index in [1.54, 1.807) is 0 Å². The Balaban J connectivity index is 2.18. The predicted octanol–water partition coefficient (Wildman–Crippen LogP) is 3.91. The molecule has 7 heteroatoms. The van der Waals surface area contributed by atoms with Crippen LogP contribution < -0.4 is 5.32 Å². The molecule has 0 aliphatic rings. The highest BCUT2D eigenvalue weighted by molar-refractivity contribution is 9.11. The number of aryl methyl sites for hydroxylation is 1. The monoisotopic (exact) mass is 392 g/mol. The first-order valence-electron chi connectivity index (χ1n) is 5.22. The molecule has 0 atom stereocenters. The van der Waals surface area contributed by atoms with E-state index in [1.807, 2.05) is 30.7 Å². The highest BCUT2D eigenvalue weighted by atomic mass is 79.9. The molecule has 2 rings (SSSR count). The van der Waals surface area contributed by atoms with Gasteiger partial charge in [-0.15, -0.1) is 10.2 Å². The summed E-state index contributed by atoms with van der Waals surface area (Å²) in [6.45, 7) is 2.51. The van der Waals surface area contributed by atoms with Crippen molar-refractivity contribution < 1.29 is 0 Å². The summed E-state index contributed by atoms with van der Waals surface area (Å²) in [6.07, 6.45) is 0. The minimum atomic E-state index is 0.593. The van der Waals surface area contributed by atoms with Crippen LogP contribution in [-0.4, -0.2) is 14.8 Å². The molecule has 1 aromatic carbocycles. The zero-order chi connectivity index (χ0) is 13.3. The summed E-state index contributed by atoms with van der Waals surface area (Å²) >= 11 is 12.9. The van der Waals surface area contributed by atoms with Crippen LogP contribution in [0.25, 0.3) is 0 Å². The Hall–Kier alpha value is -0.590. The Bertz CT molecular complexity index is 559. The summed E-state index contributed by atoms with van der Waals surface area (Å²) in [5.41, 5.74) is 0.944. The minimum absolute atomic E-state index is 0.593. The molecule has 0 spiro atoms. The van der Waals surface area contributed by atoms with Gasteiger partial charge in [-0.2, -0.15) is 0 Å². The molecule has 1 heterocycles. The standard InChI is InChI=1S/C11H11Br2ClN4/c1-6-16-17-10(18(6)2)5-15-11-8(12)3-7(14)4-9(11)13/h3-4,15H,5H2,1-2H3. The van der Waals surface area contributed by atoms with Gasteiger partial charge in [-0.3, -0.25) is 0 Å². The van der Waals surface area contributed by atoms with E-state index in [0.717, 1.165) is 26.3 Å². The van der Waals surface area contributed by atoms with Crippen molar-refractivity contribution in [1.82, 2.24) is 14.8 Å². The molecule has 0 amide bonds. The molecule has 0 aliphatic carbocycles. The highest BCUT2D eigenvalue weighted by Gasteiger charge is 2.09. The zero-order valence-electron chi connectivity index (χ0n) is 9.84. The quantitative estimate of drug-likeness (QED) is 0.858. The van der Waals surface area contributed by atoms with Crippen molar-refractivity contribution in [2.45, 2.75) is 13.5 Å². The van der Waals surface area contributed by atoms with E-state index < -0.39 is 0 Å². The van der Waals surface area contributed by atoms with E-state index in [1.165, 1.54) is 0 Å². The van der Waals surface area contributed by atoms with Gasteiger partial charge in [-0.1, -0.05) is 11.6 Å². The second-order valence-electron chi connectivity index (χ2n) is 3.82. The summed E-state index contributed by atoms with van der Waals surface area (Å²) in [6, 6.07) is 3.69. The lowest BCUT2D eigenvalue weighted by Gasteiger charge is -2.11. The largest absolute Gasteiger partial charge is 0.376 e. The van der Waals surface area contributed by atoms with Gasteiger partial charge in [0.15, 0.2) is 5.82 Å². The van der Waals surface area contributed by atoms with E-state index in [0.29, 0.717) is 11.6 Å². The van der Waals surface area contributed by atoms with E-state index in [9.17, 15) is 0 Å². The number of aromatic nitrogens is 3. The molecular weight excluding hydrogens is 383 g/mol. The average molecular weight is 394 g/mol. The third-order valence-electron chi connectivity index (χ3n) is 2.61. The SMILES string of the molecule is Cc1nnc(CNc2c(Br)cc(Cl)cc2Br)n1C. The van der Waals surface area contributed by atoms with Crippen molar-refractivity contribution >= 4 is 49.1 Å². The molecule has 2 aromatic rings. The van der Waals surface area contributed by atoms with E-state index in [2.05, 4.69) is 47.4 Å². The first-order valence-corrected chi connectivity index (χ1v) is 7.18. The van der Waals surface area contributed by atoms with Gasteiger partial charge in [0.25, 0.3) is 0 Å². The minimum Gasteiger partial charge on any atom is -0.376 e. The molecule has 0 radical (unpaired) electrons. The second-order valence-corrected chi connectivity index (χ2v) is 5.97. The van der Waals surface area contributed by atoms with Crippen LogP contribution in [0, 0.1) is 6.92 Å². The molecule has 4 nitrogen and oxygen atoms in total. The van der Waals surface area contributed by atoms with Crippen molar-refractivity contribution in [3.05, 3.63) is 37.7 Å². The van der Waals surface area contributed by atoms with Crippen LogP contribution in [0.5, 0.6) is 0 Å². The van der Waals surface area contributed by atoms with Crippen molar-refractivity contribution in [3.8, 4) is 0 Å². The molecule has 0 unspecified atom stereocenters. The predicted molar refractivity (Wildman–Crippen MR) is 79.9 cm³/mol. The maximum atomic E-state index is 5.95. The Kier molecular flexibility index (Phi) is 4.29. The molecular formula is C11H11Br2ClN4. The molecule has 1 N–H and O–H groups in total. The van der Waals surface area contributed by atoms with Crippen LogP contribution in [-0.2, 0) is 13.6 Å². The summed E-state index contributed by atoms with van der Waals surface area (Å²) in [5.74, 6) is 1.77. The van der Waals surface area contributed by atoms with Crippen LogP contribution >= 0.6 is 43.5 Å². The van der Waals surface area contributed by atoms with E-state index >= 15 is 0 Å². The molecule has 0 fully saturated rings. The van der Waals surface area contributed by atoms with Crippen molar-refractivity contribution in [1.29, 1.82) is 0 Å². The van der Waals surface area contributed by atoms with Crippen LogP contribution in [0.4, 0.5) is 5.69 Å². The lowest BCUT2D eigenvalue weighted by atomic mass is 10.3. The number of halogens is 3. The Morgan fingerprint density at radius 2 is 1.89 bits per heavy atom. The van der Waals surface area contributed by atoms with Gasteiger partial charge in [-0.05, 0) is 50.9 Å². The lowest BCUT2D eigenvalue weighted by molar-refractivity contribution is 0.789. The highest BCUT2D eigenvalue weighted by Crippen LogP contribution is 2.34. The first-order chi connectivity index (χ1) is 8.49. The number of benzene rings is 1. The molecule has 0 bridgehead atoms. The van der Waals surface area contributed by atoms with Crippen LogP contribution in [0.2, 0.25) is 5.02 Å². The van der Waals surface area contributed by atoms with Gasteiger partial charge in [0.05, 0.1) is 12.2 Å². The van der Waals surface area contributed by atoms with Crippen molar-refractivity contribution in [2.75, 3.05) is 5.32 Å².